The van der Waals surface area contributed by atoms with E-state index in [4.69, 9.17) is 19.4 Å². The molecule has 0 radical (unpaired) electrons. The van der Waals surface area contributed by atoms with E-state index >= 15 is 0 Å². The molecular weight excluding hydrogens is 544 g/mol. The van der Waals surface area contributed by atoms with Gasteiger partial charge < -0.3 is 19.9 Å². The lowest BCUT2D eigenvalue weighted by Gasteiger charge is -2.26. The number of hydrogen-bond acceptors (Lipinski definition) is 9. The number of nitrogens with one attached hydrogen (secondary N) is 2. The number of aromatic nitrogens is 3. The third-order valence-corrected chi connectivity index (χ3v) is 5.08. The number of hydrogen-bond donors (Lipinski definition) is 3. The maximum Gasteiger partial charge on any atom is 0.490 e. The summed E-state index contributed by atoms with van der Waals surface area (Å²) in [5.74, 6) is -2.82. The van der Waals surface area contributed by atoms with Crippen LogP contribution in [0.5, 0.6) is 5.75 Å². The maximum atomic E-state index is 12.8. The number of anilines is 2. The summed E-state index contributed by atoms with van der Waals surface area (Å²) in [7, 11) is 0. The highest BCUT2D eigenvalue weighted by atomic mass is 19.4. The number of H-pyrrole nitrogens is 1. The number of carboxylic acids is 1. The predicted molar refractivity (Wildman–Crippen MR) is 122 cm³/mol. The molecule has 3 aromatic rings. The summed E-state index contributed by atoms with van der Waals surface area (Å²) in [4.78, 5) is 29.3. The lowest BCUT2D eigenvalue weighted by atomic mass is 10.2. The van der Waals surface area contributed by atoms with E-state index in [1.807, 2.05) is 0 Å². The van der Waals surface area contributed by atoms with Crippen LogP contribution in [-0.2, 0) is 15.7 Å². The molecule has 0 saturated carbocycles. The van der Waals surface area contributed by atoms with Gasteiger partial charge in [-0.15, -0.1) is 0 Å². The largest absolute Gasteiger partial charge is 0.491 e. The summed E-state index contributed by atoms with van der Waals surface area (Å²) in [5.41, 5.74) is -0.0828. The van der Waals surface area contributed by atoms with Gasteiger partial charge in [0.1, 0.15) is 23.7 Å². The summed E-state index contributed by atoms with van der Waals surface area (Å²) in [6.45, 7) is 3.98. The molecule has 0 unspecified atom stereocenters. The quantitative estimate of drug-likeness (QED) is 0.364. The van der Waals surface area contributed by atoms with Crippen LogP contribution in [0.2, 0.25) is 0 Å². The minimum atomic E-state index is -5.08. The van der Waals surface area contributed by atoms with Crippen LogP contribution in [-0.4, -0.2) is 76.7 Å². The molecule has 2 aromatic heterocycles. The van der Waals surface area contributed by atoms with Gasteiger partial charge in [-0.25, -0.2) is 14.6 Å². The Balaban J connectivity index is 0.000000532. The topological polar surface area (TPSA) is 143 Å². The number of carbonyl (C=O) groups is 1. The molecule has 0 spiro atoms. The lowest BCUT2D eigenvalue weighted by molar-refractivity contribution is -0.192. The van der Waals surface area contributed by atoms with Crippen LogP contribution >= 0.6 is 0 Å². The van der Waals surface area contributed by atoms with Crippen molar-refractivity contribution in [3.8, 4) is 17.1 Å². The Morgan fingerprint density at radius 3 is 2.28 bits per heavy atom. The number of carboxylic acid groups (broad SMARTS) is 1. The fourth-order valence-electron chi connectivity index (χ4n) is 3.21. The summed E-state index contributed by atoms with van der Waals surface area (Å²) in [5, 5.41) is 13.8. The molecular formula is C22H21F6N5O6. The second kappa shape index (κ2) is 12.6. The average Bonchev–Trinajstić information content (AvgIpc) is 3.30. The Morgan fingerprint density at radius 2 is 1.74 bits per heavy atom. The van der Waals surface area contributed by atoms with Crippen LogP contribution in [0, 0.1) is 0 Å². The van der Waals surface area contributed by atoms with E-state index < -0.39 is 29.6 Å². The highest BCUT2D eigenvalue weighted by Crippen LogP contribution is 2.35. The maximum absolute atomic E-state index is 12.8. The van der Waals surface area contributed by atoms with Gasteiger partial charge in [0.15, 0.2) is 5.82 Å². The second-order valence-corrected chi connectivity index (χ2v) is 7.78. The molecule has 4 rings (SSSR count). The Labute approximate surface area is 215 Å². The molecule has 17 heteroatoms. The highest BCUT2D eigenvalue weighted by Gasteiger charge is 2.38. The van der Waals surface area contributed by atoms with E-state index in [2.05, 4.69) is 29.9 Å². The predicted octanol–water partition coefficient (Wildman–Crippen LogP) is 3.53. The van der Waals surface area contributed by atoms with E-state index in [9.17, 15) is 31.1 Å². The van der Waals surface area contributed by atoms with Crippen molar-refractivity contribution in [2.24, 2.45) is 0 Å². The number of nitrogens with zero attached hydrogens (tertiary/aromatic N) is 3. The zero-order valence-electron chi connectivity index (χ0n) is 19.8. The van der Waals surface area contributed by atoms with Crippen molar-refractivity contribution < 1.29 is 50.2 Å². The number of alkyl halides is 6. The number of benzene rings is 1. The third-order valence-electron chi connectivity index (χ3n) is 5.08. The first-order valence-electron chi connectivity index (χ1n) is 11.1. The van der Waals surface area contributed by atoms with Gasteiger partial charge in [-0.05, 0) is 30.3 Å². The number of rotatable bonds is 7. The number of ether oxygens (including phenoxy) is 2. The van der Waals surface area contributed by atoms with Crippen LogP contribution < -0.4 is 15.8 Å². The van der Waals surface area contributed by atoms with Gasteiger partial charge in [-0.2, -0.15) is 26.3 Å². The van der Waals surface area contributed by atoms with Crippen molar-refractivity contribution >= 4 is 17.5 Å². The molecule has 1 saturated heterocycles. The molecule has 212 valence electrons. The van der Waals surface area contributed by atoms with Gasteiger partial charge >= 0.3 is 24.1 Å². The van der Waals surface area contributed by atoms with Crippen molar-refractivity contribution in [3.63, 3.8) is 0 Å². The lowest BCUT2D eigenvalue weighted by Crippen LogP contribution is -2.38. The fourth-order valence-corrected chi connectivity index (χ4v) is 3.21. The van der Waals surface area contributed by atoms with E-state index in [0.717, 1.165) is 25.2 Å². The molecule has 1 aromatic carbocycles. The van der Waals surface area contributed by atoms with Crippen LogP contribution in [0.1, 0.15) is 5.56 Å². The molecule has 1 fully saturated rings. The number of morpholine rings is 1. The van der Waals surface area contributed by atoms with Crippen LogP contribution in [0.15, 0.2) is 45.8 Å². The first-order chi connectivity index (χ1) is 18.3. The summed E-state index contributed by atoms with van der Waals surface area (Å²) in [6, 6.07) is 6.10. The monoisotopic (exact) mass is 565 g/mol. The fraction of sp³-hybridized carbons (Fsp3) is 0.364. The Hall–Kier alpha value is -4.12. The van der Waals surface area contributed by atoms with Crippen LogP contribution in [0.3, 0.4) is 0 Å². The molecule has 0 atom stereocenters. The molecule has 0 aliphatic carbocycles. The molecule has 11 nitrogen and oxygen atoms in total. The number of aromatic amines is 1. The minimum Gasteiger partial charge on any atom is -0.491 e. The minimum absolute atomic E-state index is 0.0823. The van der Waals surface area contributed by atoms with Crippen molar-refractivity contribution in [1.29, 1.82) is 0 Å². The third kappa shape index (κ3) is 8.71. The molecule has 0 bridgehead atoms. The zero-order valence-corrected chi connectivity index (χ0v) is 19.8. The van der Waals surface area contributed by atoms with Gasteiger partial charge in [0.05, 0.1) is 18.8 Å². The smallest absolute Gasteiger partial charge is 0.490 e. The number of halogens is 6. The Bertz CT molecular complexity index is 1290. The SMILES string of the molecule is O=C(O)C(F)(F)F.O=c1[nH]c(-c2c(OCCN3CCOCC3)ccnc2Nc2ccc(C(F)(F)F)cc2)no1. The highest BCUT2D eigenvalue weighted by molar-refractivity contribution is 5.79. The molecule has 0 amide bonds. The van der Waals surface area contributed by atoms with Crippen molar-refractivity contribution in [2.45, 2.75) is 12.4 Å². The van der Waals surface area contributed by atoms with E-state index in [1.165, 1.54) is 18.3 Å². The van der Waals surface area contributed by atoms with Gasteiger partial charge in [-0.3, -0.25) is 14.4 Å². The van der Waals surface area contributed by atoms with E-state index in [1.54, 1.807) is 6.07 Å². The average molecular weight is 565 g/mol. The van der Waals surface area contributed by atoms with Gasteiger partial charge in [-0.1, -0.05) is 5.16 Å². The summed E-state index contributed by atoms with van der Waals surface area (Å²) in [6.07, 6.45) is -8.03. The molecule has 3 heterocycles. The van der Waals surface area contributed by atoms with Crippen LogP contribution in [0.25, 0.3) is 11.4 Å². The standard InChI is InChI=1S/C20H20F3N5O4.C2HF3O2/c21-20(22,23)13-1-3-14(4-2-13)25-17-16(18-26-19(29)32-27-18)15(5-6-24-17)31-12-9-28-7-10-30-11-8-28;3-2(4,5)1(6)7/h1-6H,7-12H2,(H,24,25)(H,26,27,29);(H,6,7). The molecule has 3 N–H and O–H groups in total. The first kappa shape index (κ1) is 29.4. The first-order valence-corrected chi connectivity index (χ1v) is 11.1. The van der Waals surface area contributed by atoms with E-state index in [0.29, 0.717) is 43.4 Å². The van der Waals surface area contributed by atoms with Gasteiger partial charge in [0, 0.05) is 31.5 Å². The van der Waals surface area contributed by atoms with Crippen molar-refractivity contribution in [1.82, 2.24) is 20.0 Å². The normalized spacial score (nSPS) is 14.3. The van der Waals surface area contributed by atoms with Gasteiger partial charge in [0.25, 0.3) is 0 Å². The second-order valence-electron chi connectivity index (χ2n) is 7.78. The Morgan fingerprint density at radius 1 is 1.10 bits per heavy atom. The molecule has 39 heavy (non-hydrogen) atoms. The molecule has 1 aliphatic heterocycles. The van der Waals surface area contributed by atoms with Gasteiger partial charge in [0.2, 0.25) is 0 Å². The Kier molecular flexibility index (Phi) is 9.52. The molecule has 1 aliphatic rings. The zero-order chi connectivity index (χ0) is 28.6. The summed E-state index contributed by atoms with van der Waals surface area (Å²) >= 11 is 0. The number of pyridine rings is 1. The van der Waals surface area contributed by atoms with Crippen molar-refractivity contribution in [2.75, 3.05) is 44.8 Å². The summed E-state index contributed by atoms with van der Waals surface area (Å²) < 4.78 is 86.1. The van der Waals surface area contributed by atoms with E-state index in [-0.39, 0.29) is 11.6 Å². The van der Waals surface area contributed by atoms with Crippen molar-refractivity contribution in [3.05, 3.63) is 52.6 Å². The number of aliphatic carboxylic acids is 1. The van der Waals surface area contributed by atoms with Crippen LogP contribution in [0.4, 0.5) is 37.8 Å².